The van der Waals surface area contributed by atoms with E-state index in [9.17, 15) is 4.79 Å². The monoisotopic (exact) mass is 338 g/mol. The molecule has 128 valence electrons. The minimum absolute atomic E-state index is 0.275. The molecule has 2 aromatic heterocycles. The van der Waals surface area contributed by atoms with Gasteiger partial charge in [-0.2, -0.15) is 0 Å². The van der Waals surface area contributed by atoms with E-state index in [1.807, 2.05) is 13.0 Å². The van der Waals surface area contributed by atoms with Gasteiger partial charge in [-0.05, 0) is 24.6 Å². The summed E-state index contributed by atoms with van der Waals surface area (Å²) >= 11 is 0. The fourth-order valence-electron chi connectivity index (χ4n) is 2.45. The average Bonchev–Trinajstić information content (AvgIpc) is 3.03. The molecule has 0 spiro atoms. The summed E-state index contributed by atoms with van der Waals surface area (Å²) < 4.78 is 15.8. The van der Waals surface area contributed by atoms with Crippen LogP contribution < -0.4 is 25.7 Å². The van der Waals surface area contributed by atoms with Crippen LogP contribution in [0, 0.1) is 0 Å². The Morgan fingerprint density at radius 3 is 2.76 bits per heavy atom. The summed E-state index contributed by atoms with van der Waals surface area (Å²) in [5.41, 5.74) is 1.66. The molecule has 1 aromatic carbocycles. The highest BCUT2D eigenvalue weighted by Gasteiger charge is 2.12. The van der Waals surface area contributed by atoms with Gasteiger partial charge in [-0.3, -0.25) is 4.79 Å². The van der Waals surface area contributed by atoms with Crippen LogP contribution in [0.25, 0.3) is 29.1 Å². The molecule has 3 rings (SSSR count). The molecule has 0 fully saturated rings. The normalized spacial score (nSPS) is 12.6. The Hall–Kier alpha value is -3.28. The summed E-state index contributed by atoms with van der Waals surface area (Å²) in [5.74, 6) is 1.44. The van der Waals surface area contributed by atoms with Gasteiger partial charge in [0.25, 0.3) is 5.56 Å². The first-order valence-electron chi connectivity index (χ1n) is 7.61. The SMILES string of the molecule is C=c1cco/c1=C/C=C(\C)c1nc2cc(OC)cc(OC)c2c(=O)[nH]1. The lowest BCUT2D eigenvalue weighted by atomic mass is 10.2. The molecule has 0 saturated heterocycles. The summed E-state index contributed by atoms with van der Waals surface area (Å²) in [4.78, 5) is 19.8. The van der Waals surface area contributed by atoms with Crippen LogP contribution in [0.2, 0.25) is 0 Å². The molecule has 0 aliphatic rings. The van der Waals surface area contributed by atoms with Crippen molar-refractivity contribution in [3.8, 4) is 11.5 Å². The molecule has 1 N–H and O–H groups in total. The summed E-state index contributed by atoms with van der Waals surface area (Å²) in [6.45, 7) is 5.72. The lowest BCUT2D eigenvalue weighted by Gasteiger charge is -2.09. The molecule has 0 aliphatic carbocycles. The lowest BCUT2D eigenvalue weighted by molar-refractivity contribution is 0.397. The molecule has 3 aromatic rings. The standard InChI is InChI=1S/C19H18N2O4/c1-11-7-8-25-15(11)6-5-12(2)18-20-14-9-13(23-3)10-16(24-4)17(14)19(22)21-18/h5-10H,1H2,2-4H3,(H,20,21,22)/b12-5+,15-6+. The van der Waals surface area contributed by atoms with Gasteiger partial charge < -0.3 is 18.9 Å². The molecule has 0 amide bonds. The van der Waals surface area contributed by atoms with Crippen LogP contribution in [0.4, 0.5) is 0 Å². The summed E-state index contributed by atoms with van der Waals surface area (Å²) in [5, 5.41) is 1.17. The van der Waals surface area contributed by atoms with E-state index in [0.29, 0.717) is 33.6 Å². The molecule has 0 aliphatic heterocycles. The number of nitrogens with one attached hydrogen (secondary N) is 1. The van der Waals surface area contributed by atoms with Crippen LogP contribution in [-0.2, 0) is 0 Å². The molecule has 6 nitrogen and oxygen atoms in total. The minimum Gasteiger partial charge on any atom is -0.497 e. The molecule has 0 bridgehead atoms. The maximum Gasteiger partial charge on any atom is 0.262 e. The number of hydrogen-bond acceptors (Lipinski definition) is 5. The van der Waals surface area contributed by atoms with Crippen molar-refractivity contribution in [3.05, 3.63) is 57.4 Å². The second-order valence-corrected chi connectivity index (χ2v) is 5.46. The Balaban J connectivity index is 2.16. The first-order chi connectivity index (χ1) is 12.0. The van der Waals surface area contributed by atoms with Gasteiger partial charge in [0.05, 0.1) is 26.0 Å². The van der Waals surface area contributed by atoms with Gasteiger partial charge >= 0.3 is 0 Å². The van der Waals surface area contributed by atoms with E-state index in [0.717, 1.165) is 10.8 Å². The van der Waals surface area contributed by atoms with Crippen molar-refractivity contribution in [1.29, 1.82) is 0 Å². The van der Waals surface area contributed by atoms with Gasteiger partial charge in [0.15, 0.2) is 0 Å². The number of methoxy groups -OCH3 is 2. The zero-order chi connectivity index (χ0) is 18.0. The minimum atomic E-state index is -0.275. The van der Waals surface area contributed by atoms with E-state index in [-0.39, 0.29) is 5.56 Å². The first-order valence-corrected chi connectivity index (χ1v) is 7.61. The third-order valence-electron chi connectivity index (χ3n) is 3.84. The highest BCUT2D eigenvalue weighted by Crippen LogP contribution is 2.28. The predicted octanol–water partition coefficient (Wildman–Crippen LogP) is 1.83. The van der Waals surface area contributed by atoms with Crippen LogP contribution >= 0.6 is 0 Å². The summed E-state index contributed by atoms with van der Waals surface area (Å²) in [6, 6.07) is 5.14. The van der Waals surface area contributed by atoms with Crippen molar-refractivity contribution in [2.45, 2.75) is 6.92 Å². The van der Waals surface area contributed by atoms with Crippen LogP contribution in [0.15, 0.2) is 39.7 Å². The number of aromatic amines is 1. The lowest BCUT2D eigenvalue weighted by Crippen LogP contribution is -2.16. The Morgan fingerprint density at radius 1 is 1.32 bits per heavy atom. The fraction of sp³-hybridized carbons (Fsp3) is 0.158. The molecule has 0 saturated carbocycles. The van der Waals surface area contributed by atoms with Crippen molar-refractivity contribution in [2.75, 3.05) is 14.2 Å². The number of furan rings is 1. The van der Waals surface area contributed by atoms with E-state index in [1.54, 1.807) is 37.6 Å². The van der Waals surface area contributed by atoms with Gasteiger partial charge in [-0.15, -0.1) is 0 Å². The van der Waals surface area contributed by atoms with Crippen molar-refractivity contribution < 1.29 is 13.9 Å². The topological polar surface area (TPSA) is 77.4 Å². The van der Waals surface area contributed by atoms with Gasteiger partial charge in [0.2, 0.25) is 0 Å². The Kier molecular flexibility index (Phi) is 4.43. The largest absolute Gasteiger partial charge is 0.497 e. The molecular formula is C19H18N2O4. The second kappa shape index (κ2) is 6.68. The number of fused-ring (bicyclic) bond motifs is 1. The van der Waals surface area contributed by atoms with Crippen molar-refractivity contribution >= 4 is 29.1 Å². The van der Waals surface area contributed by atoms with Gasteiger partial charge in [0, 0.05) is 17.4 Å². The van der Waals surface area contributed by atoms with Crippen LogP contribution in [0.5, 0.6) is 11.5 Å². The van der Waals surface area contributed by atoms with Crippen molar-refractivity contribution in [1.82, 2.24) is 9.97 Å². The molecule has 0 radical (unpaired) electrons. The smallest absolute Gasteiger partial charge is 0.262 e. The van der Waals surface area contributed by atoms with E-state index in [1.165, 1.54) is 7.11 Å². The van der Waals surface area contributed by atoms with Crippen LogP contribution in [0.1, 0.15) is 12.7 Å². The number of rotatable bonds is 4. The molecule has 0 atom stereocenters. The third kappa shape index (κ3) is 3.19. The number of allylic oxidation sites excluding steroid dienone is 2. The molecular weight excluding hydrogens is 320 g/mol. The van der Waals surface area contributed by atoms with Gasteiger partial charge in [-0.25, -0.2) is 4.98 Å². The predicted molar refractivity (Wildman–Crippen MR) is 97.1 cm³/mol. The van der Waals surface area contributed by atoms with Gasteiger partial charge in [0.1, 0.15) is 28.1 Å². The summed E-state index contributed by atoms with van der Waals surface area (Å²) in [7, 11) is 3.05. The number of hydrogen-bond donors (Lipinski definition) is 1. The zero-order valence-corrected chi connectivity index (χ0v) is 14.3. The van der Waals surface area contributed by atoms with Gasteiger partial charge in [-0.1, -0.05) is 12.7 Å². The molecule has 25 heavy (non-hydrogen) atoms. The van der Waals surface area contributed by atoms with E-state index in [2.05, 4.69) is 16.5 Å². The number of nitrogens with zero attached hydrogens (tertiary/aromatic N) is 1. The maximum atomic E-state index is 12.5. The van der Waals surface area contributed by atoms with Crippen LogP contribution in [0.3, 0.4) is 0 Å². The Bertz CT molecular complexity index is 1120. The number of H-pyrrole nitrogens is 1. The quantitative estimate of drug-likeness (QED) is 0.785. The fourth-order valence-corrected chi connectivity index (χ4v) is 2.45. The second-order valence-electron chi connectivity index (χ2n) is 5.46. The van der Waals surface area contributed by atoms with E-state index < -0.39 is 0 Å². The highest BCUT2D eigenvalue weighted by atomic mass is 16.5. The zero-order valence-electron chi connectivity index (χ0n) is 14.3. The average molecular weight is 338 g/mol. The summed E-state index contributed by atoms with van der Waals surface area (Å²) in [6.07, 6.45) is 5.18. The number of benzene rings is 1. The highest BCUT2D eigenvalue weighted by molar-refractivity contribution is 5.87. The molecule has 0 unspecified atom stereocenters. The molecule has 6 heteroatoms. The van der Waals surface area contributed by atoms with E-state index >= 15 is 0 Å². The maximum absolute atomic E-state index is 12.5. The van der Waals surface area contributed by atoms with Crippen LogP contribution in [-0.4, -0.2) is 24.2 Å². The molecule has 2 heterocycles. The number of ether oxygens (including phenoxy) is 2. The first kappa shape index (κ1) is 16.6. The van der Waals surface area contributed by atoms with E-state index in [4.69, 9.17) is 13.9 Å². The Labute approximate surface area is 143 Å². The van der Waals surface area contributed by atoms with Crippen molar-refractivity contribution in [3.63, 3.8) is 0 Å². The van der Waals surface area contributed by atoms with Crippen molar-refractivity contribution in [2.24, 2.45) is 0 Å². The Morgan fingerprint density at radius 2 is 2.12 bits per heavy atom. The third-order valence-corrected chi connectivity index (χ3v) is 3.84. The number of aromatic nitrogens is 2.